The summed E-state index contributed by atoms with van der Waals surface area (Å²) in [5, 5.41) is 0.599. The Balaban J connectivity index is 1.53. The Morgan fingerprint density at radius 2 is 2.04 bits per heavy atom. The number of piperazine rings is 1. The van der Waals surface area contributed by atoms with E-state index in [9.17, 15) is 9.59 Å². The van der Waals surface area contributed by atoms with Gasteiger partial charge in [-0.05, 0) is 24.1 Å². The molecule has 0 radical (unpaired) electrons. The summed E-state index contributed by atoms with van der Waals surface area (Å²) in [5.74, 6) is 0.0557. The fourth-order valence-electron chi connectivity index (χ4n) is 3.11. The van der Waals surface area contributed by atoms with Crippen molar-refractivity contribution in [3.63, 3.8) is 0 Å². The largest absolute Gasteiger partial charge is 0.334 e. The van der Waals surface area contributed by atoms with Crippen molar-refractivity contribution in [1.29, 1.82) is 0 Å². The van der Waals surface area contributed by atoms with Crippen LogP contribution in [0.4, 0.5) is 0 Å². The van der Waals surface area contributed by atoms with Crippen LogP contribution in [0.25, 0.3) is 6.08 Å². The van der Waals surface area contributed by atoms with Crippen LogP contribution in [0.3, 0.4) is 0 Å². The number of carbonyl (C=O) groups is 2. The lowest BCUT2D eigenvalue weighted by Crippen LogP contribution is -3.12. The molecule has 2 aliphatic heterocycles. The second-order valence-corrected chi connectivity index (χ2v) is 8.88. The van der Waals surface area contributed by atoms with Crippen LogP contribution in [-0.2, 0) is 9.59 Å². The molecule has 0 spiro atoms. The number of thiocarbonyl (C=S) groups is 1. The third kappa shape index (κ3) is 5.10. The summed E-state index contributed by atoms with van der Waals surface area (Å²) in [6.07, 6.45) is 2.84. The third-order valence-corrected chi connectivity index (χ3v) is 6.53. The van der Waals surface area contributed by atoms with Gasteiger partial charge < -0.3 is 9.80 Å². The highest BCUT2D eigenvalue weighted by Gasteiger charge is 2.32. The summed E-state index contributed by atoms with van der Waals surface area (Å²) in [7, 11) is 2.15. The first-order valence-corrected chi connectivity index (χ1v) is 10.6. The van der Waals surface area contributed by atoms with E-state index in [1.165, 1.54) is 16.7 Å². The van der Waals surface area contributed by atoms with E-state index in [1.807, 2.05) is 23.1 Å². The normalized spacial score (nSPS) is 20.0. The molecule has 3 rings (SSSR count). The van der Waals surface area contributed by atoms with Crippen LogP contribution >= 0.6 is 35.6 Å². The number of rotatable bonds is 5. The molecule has 27 heavy (non-hydrogen) atoms. The molecule has 2 amide bonds. The van der Waals surface area contributed by atoms with Crippen LogP contribution in [0, 0.1) is 0 Å². The van der Waals surface area contributed by atoms with Gasteiger partial charge in [0.25, 0.3) is 5.91 Å². The second kappa shape index (κ2) is 9.19. The molecule has 0 aromatic heterocycles. The highest BCUT2D eigenvalue weighted by Crippen LogP contribution is 2.33. The molecule has 0 bridgehead atoms. The van der Waals surface area contributed by atoms with E-state index in [2.05, 4.69) is 7.05 Å². The molecular weight excluding hydrogens is 402 g/mol. The molecule has 2 saturated heterocycles. The van der Waals surface area contributed by atoms with Crippen LogP contribution < -0.4 is 4.90 Å². The van der Waals surface area contributed by atoms with Crippen molar-refractivity contribution in [3.8, 4) is 0 Å². The standard InChI is InChI=1S/C19H22ClN3O2S2/c1-21-9-11-22(12-10-21)17(24)7-4-8-23-18(25)16(27-19(23)26)13-14-5-2-3-6-15(14)20/h2-3,5-6,13H,4,7-12H2,1H3/p+1/b16-13-. The predicted octanol–water partition coefficient (Wildman–Crippen LogP) is 1.68. The summed E-state index contributed by atoms with van der Waals surface area (Å²) in [4.78, 5) is 30.5. The van der Waals surface area contributed by atoms with Crippen LogP contribution in [0.15, 0.2) is 29.2 Å². The van der Waals surface area contributed by atoms with Gasteiger partial charge in [0.2, 0.25) is 5.91 Å². The first-order chi connectivity index (χ1) is 13.0. The van der Waals surface area contributed by atoms with E-state index < -0.39 is 0 Å². The Morgan fingerprint density at radius 1 is 1.33 bits per heavy atom. The van der Waals surface area contributed by atoms with Gasteiger partial charge in [0.15, 0.2) is 0 Å². The summed E-state index contributed by atoms with van der Waals surface area (Å²) in [6, 6.07) is 7.39. The van der Waals surface area contributed by atoms with Gasteiger partial charge in [-0.1, -0.05) is 53.8 Å². The smallest absolute Gasteiger partial charge is 0.266 e. The number of amides is 2. The molecule has 144 valence electrons. The maximum absolute atomic E-state index is 12.7. The Bertz CT molecular complexity index is 776. The zero-order valence-corrected chi connectivity index (χ0v) is 17.6. The van der Waals surface area contributed by atoms with E-state index in [0.29, 0.717) is 33.6 Å². The number of likely N-dealkylation sites (N-methyl/N-ethyl adjacent to an activating group) is 1. The van der Waals surface area contributed by atoms with Gasteiger partial charge in [-0.3, -0.25) is 14.5 Å². The first kappa shape index (κ1) is 20.3. The molecule has 0 atom stereocenters. The molecule has 0 unspecified atom stereocenters. The average molecular weight is 425 g/mol. The minimum atomic E-state index is -0.111. The Labute approximate surface area is 174 Å². The van der Waals surface area contributed by atoms with E-state index in [4.69, 9.17) is 23.8 Å². The van der Waals surface area contributed by atoms with Crippen LogP contribution in [0.5, 0.6) is 0 Å². The number of nitrogens with zero attached hydrogens (tertiary/aromatic N) is 2. The van der Waals surface area contributed by atoms with Gasteiger partial charge in [-0.2, -0.15) is 0 Å². The van der Waals surface area contributed by atoms with Gasteiger partial charge >= 0.3 is 0 Å². The number of hydrogen-bond donors (Lipinski definition) is 1. The molecule has 1 aromatic carbocycles. The lowest BCUT2D eigenvalue weighted by atomic mass is 10.2. The van der Waals surface area contributed by atoms with Gasteiger partial charge in [0, 0.05) is 18.0 Å². The molecule has 1 aromatic rings. The average Bonchev–Trinajstić information content (AvgIpc) is 2.91. The van der Waals surface area contributed by atoms with Gasteiger partial charge in [0.05, 0.1) is 38.1 Å². The number of carbonyl (C=O) groups excluding carboxylic acids is 2. The molecule has 0 aliphatic carbocycles. The number of hydrogen-bond acceptors (Lipinski definition) is 4. The van der Waals surface area contributed by atoms with Crippen molar-refractivity contribution < 1.29 is 14.5 Å². The lowest BCUT2D eigenvalue weighted by molar-refractivity contribution is -0.883. The number of benzene rings is 1. The molecule has 2 aliphatic rings. The van der Waals surface area contributed by atoms with Crippen LogP contribution in [-0.4, -0.2) is 65.7 Å². The summed E-state index contributed by atoms with van der Waals surface area (Å²) in [5.41, 5.74) is 0.798. The van der Waals surface area contributed by atoms with Crippen molar-refractivity contribution in [3.05, 3.63) is 39.8 Å². The molecular formula is C19H23ClN3O2S2+. The number of quaternary nitrogens is 1. The lowest BCUT2D eigenvalue weighted by Gasteiger charge is -2.30. The highest BCUT2D eigenvalue weighted by molar-refractivity contribution is 8.26. The molecule has 2 heterocycles. The second-order valence-electron chi connectivity index (χ2n) is 6.80. The SMILES string of the molecule is C[NH+]1CCN(C(=O)CCCN2C(=O)/C(=C/c3ccccc3Cl)SC2=S)CC1. The summed E-state index contributed by atoms with van der Waals surface area (Å²) in [6.45, 7) is 4.08. The quantitative estimate of drug-likeness (QED) is 0.577. The minimum absolute atomic E-state index is 0.111. The van der Waals surface area contributed by atoms with E-state index in [-0.39, 0.29) is 11.8 Å². The van der Waals surface area contributed by atoms with Gasteiger partial charge in [-0.25, -0.2) is 0 Å². The summed E-state index contributed by atoms with van der Waals surface area (Å²) < 4.78 is 0.536. The molecule has 2 fully saturated rings. The van der Waals surface area contributed by atoms with Crippen LogP contribution in [0.1, 0.15) is 18.4 Å². The zero-order chi connectivity index (χ0) is 19.4. The number of nitrogens with one attached hydrogen (secondary N) is 1. The van der Waals surface area contributed by atoms with E-state index >= 15 is 0 Å². The Hall–Kier alpha value is -1.41. The maximum atomic E-state index is 12.7. The molecule has 1 N–H and O–H groups in total. The zero-order valence-electron chi connectivity index (χ0n) is 15.2. The van der Waals surface area contributed by atoms with Gasteiger partial charge in [0.1, 0.15) is 4.32 Å². The topological polar surface area (TPSA) is 45.1 Å². The minimum Gasteiger partial charge on any atom is -0.334 e. The van der Waals surface area contributed by atoms with Crippen molar-refractivity contribution in [2.24, 2.45) is 0 Å². The van der Waals surface area contributed by atoms with Crippen molar-refractivity contribution >= 4 is 57.8 Å². The first-order valence-electron chi connectivity index (χ1n) is 9.04. The maximum Gasteiger partial charge on any atom is 0.266 e. The number of halogens is 1. The predicted molar refractivity (Wildman–Crippen MR) is 114 cm³/mol. The Kier molecular flexibility index (Phi) is 6.92. The van der Waals surface area contributed by atoms with E-state index in [0.717, 1.165) is 31.7 Å². The number of thioether (sulfide) groups is 1. The fraction of sp³-hybridized carbons (Fsp3) is 0.421. The molecule has 0 saturated carbocycles. The Morgan fingerprint density at radius 3 is 2.74 bits per heavy atom. The third-order valence-electron chi connectivity index (χ3n) is 4.81. The fourth-order valence-corrected chi connectivity index (χ4v) is 4.60. The van der Waals surface area contributed by atoms with E-state index in [1.54, 1.807) is 17.0 Å². The monoisotopic (exact) mass is 424 g/mol. The highest BCUT2D eigenvalue weighted by atomic mass is 35.5. The summed E-state index contributed by atoms with van der Waals surface area (Å²) >= 11 is 12.8. The molecule has 5 nitrogen and oxygen atoms in total. The van der Waals surface area contributed by atoms with Crippen molar-refractivity contribution in [1.82, 2.24) is 9.80 Å². The van der Waals surface area contributed by atoms with Crippen molar-refractivity contribution in [2.45, 2.75) is 12.8 Å². The van der Waals surface area contributed by atoms with Gasteiger partial charge in [-0.15, -0.1) is 0 Å². The van der Waals surface area contributed by atoms with Crippen LogP contribution in [0.2, 0.25) is 5.02 Å². The molecule has 8 heteroatoms. The van der Waals surface area contributed by atoms with Crippen molar-refractivity contribution in [2.75, 3.05) is 39.8 Å².